The fraction of sp³-hybridized carbons (Fsp3) is 0.786. The van der Waals surface area contributed by atoms with Crippen LogP contribution in [0, 0.1) is 13.8 Å². The topological polar surface area (TPSA) is 27.1 Å². The molecule has 1 aromatic rings. The van der Waals surface area contributed by atoms with E-state index in [2.05, 4.69) is 34.5 Å². The van der Waals surface area contributed by atoms with E-state index in [0.717, 1.165) is 29.6 Å². The molecule has 0 radical (unpaired) electrons. The van der Waals surface area contributed by atoms with E-state index in [0.29, 0.717) is 6.04 Å². The Morgan fingerprint density at radius 2 is 2.06 bits per heavy atom. The van der Waals surface area contributed by atoms with Crippen molar-refractivity contribution in [3.63, 3.8) is 0 Å². The standard InChI is InChI=1S/C14H21BrN2O/c1-10-13(15)11(2)17(16-10)12-5-8-18-14(9-12)6-3-4-7-14/h12H,3-9H2,1-2H3. The van der Waals surface area contributed by atoms with Gasteiger partial charge < -0.3 is 4.74 Å². The zero-order valence-corrected chi connectivity index (χ0v) is 12.8. The zero-order chi connectivity index (χ0) is 12.8. The van der Waals surface area contributed by atoms with Crippen molar-refractivity contribution in [3.05, 3.63) is 15.9 Å². The van der Waals surface area contributed by atoms with Crippen LogP contribution in [0.5, 0.6) is 0 Å². The Balaban J connectivity index is 1.85. The molecule has 1 atom stereocenters. The summed E-state index contributed by atoms with van der Waals surface area (Å²) < 4.78 is 9.49. The summed E-state index contributed by atoms with van der Waals surface area (Å²) >= 11 is 3.63. The molecular weight excluding hydrogens is 292 g/mol. The maximum Gasteiger partial charge on any atom is 0.0738 e. The van der Waals surface area contributed by atoms with Gasteiger partial charge in [-0.1, -0.05) is 12.8 Å². The number of nitrogens with zero attached hydrogens (tertiary/aromatic N) is 2. The number of halogens is 1. The van der Waals surface area contributed by atoms with Gasteiger partial charge in [0.1, 0.15) is 0 Å². The Labute approximate surface area is 117 Å². The minimum atomic E-state index is 0.168. The maximum absolute atomic E-state index is 6.10. The van der Waals surface area contributed by atoms with Crippen LogP contribution in [0.4, 0.5) is 0 Å². The highest BCUT2D eigenvalue weighted by Crippen LogP contribution is 2.44. The Kier molecular flexibility index (Phi) is 3.27. The molecule has 4 heteroatoms. The maximum atomic E-state index is 6.10. The molecule has 1 aliphatic heterocycles. The summed E-state index contributed by atoms with van der Waals surface area (Å²) in [6.45, 7) is 5.11. The first kappa shape index (κ1) is 12.7. The van der Waals surface area contributed by atoms with Gasteiger partial charge >= 0.3 is 0 Å². The summed E-state index contributed by atoms with van der Waals surface area (Å²) in [6, 6.07) is 0.516. The van der Waals surface area contributed by atoms with Gasteiger partial charge in [-0.3, -0.25) is 4.68 Å². The van der Waals surface area contributed by atoms with Crippen molar-refractivity contribution in [2.24, 2.45) is 0 Å². The molecule has 1 saturated carbocycles. The highest BCUT2D eigenvalue weighted by Gasteiger charge is 2.41. The van der Waals surface area contributed by atoms with Gasteiger partial charge in [0.2, 0.25) is 0 Å². The van der Waals surface area contributed by atoms with Crippen LogP contribution in [-0.2, 0) is 4.74 Å². The van der Waals surface area contributed by atoms with Gasteiger partial charge in [-0.05, 0) is 55.5 Å². The normalized spacial score (nSPS) is 26.9. The third-order valence-electron chi connectivity index (χ3n) is 4.56. The number of ether oxygens (including phenoxy) is 1. The molecule has 0 bridgehead atoms. The Morgan fingerprint density at radius 1 is 1.33 bits per heavy atom. The lowest BCUT2D eigenvalue weighted by Gasteiger charge is -2.38. The summed E-state index contributed by atoms with van der Waals surface area (Å²) in [6.07, 6.45) is 7.37. The van der Waals surface area contributed by atoms with Crippen LogP contribution < -0.4 is 0 Å². The van der Waals surface area contributed by atoms with Crippen LogP contribution in [0.25, 0.3) is 0 Å². The molecule has 3 rings (SSSR count). The molecule has 0 amide bonds. The summed E-state index contributed by atoms with van der Waals surface area (Å²) in [7, 11) is 0. The summed E-state index contributed by atoms with van der Waals surface area (Å²) in [4.78, 5) is 0. The van der Waals surface area contributed by atoms with Crippen LogP contribution in [0.2, 0.25) is 0 Å². The third kappa shape index (κ3) is 2.03. The van der Waals surface area contributed by atoms with E-state index in [4.69, 9.17) is 9.84 Å². The first-order valence-corrected chi connectivity index (χ1v) is 7.76. The zero-order valence-electron chi connectivity index (χ0n) is 11.2. The van der Waals surface area contributed by atoms with Gasteiger partial charge in [0.25, 0.3) is 0 Å². The number of hydrogen-bond donors (Lipinski definition) is 0. The first-order chi connectivity index (χ1) is 8.61. The molecule has 18 heavy (non-hydrogen) atoms. The van der Waals surface area contributed by atoms with Crippen molar-refractivity contribution in [2.75, 3.05) is 6.61 Å². The van der Waals surface area contributed by atoms with E-state index >= 15 is 0 Å². The molecule has 1 aliphatic carbocycles. The van der Waals surface area contributed by atoms with E-state index in [1.807, 2.05) is 0 Å². The molecule has 100 valence electrons. The van der Waals surface area contributed by atoms with E-state index in [1.54, 1.807) is 0 Å². The second-order valence-electron chi connectivity index (χ2n) is 5.81. The number of hydrogen-bond acceptors (Lipinski definition) is 2. The van der Waals surface area contributed by atoms with Gasteiger partial charge in [-0.25, -0.2) is 0 Å². The Bertz CT molecular complexity index is 449. The molecule has 1 unspecified atom stereocenters. The van der Waals surface area contributed by atoms with Crippen molar-refractivity contribution in [1.82, 2.24) is 9.78 Å². The molecule has 1 spiro atoms. The fourth-order valence-electron chi connectivity index (χ4n) is 3.58. The van der Waals surface area contributed by atoms with Gasteiger partial charge in [0.05, 0.1) is 27.5 Å². The average molecular weight is 313 g/mol. The molecule has 1 aromatic heterocycles. The van der Waals surface area contributed by atoms with Gasteiger partial charge in [0.15, 0.2) is 0 Å². The van der Waals surface area contributed by atoms with Crippen molar-refractivity contribution in [1.29, 1.82) is 0 Å². The predicted molar refractivity (Wildman–Crippen MR) is 74.8 cm³/mol. The van der Waals surface area contributed by atoms with E-state index in [-0.39, 0.29) is 5.60 Å². The number of rotatable bonds is 1. The van der Waals surface area contributed by atoms with Crippen LogP contribution >= 0.6 is 15.9 Å². The monoisotopic (exact) mass is 312 g/mol. The predicted octanol–water partition coefficient (Wildman–Crippen LogP) is 3.93. The summed E-state index contributed by atoms with van der Waals surface area (Å²) in [5.41, 5.74) is 2.52. The molecule has 3 nitrogen and oxygen atoms in total. The second-order valence-corrected chi connectivity index (χ2v) is 6.61. The minimum Gasteiger partial charge on any atom is -0.375 e. The smallest absolute Gasteiger partial charge is 0.0738 e. The number of aromatic nitrogens is 2. The Hall–Kier alpha value is -0.350. The SMILES string of the molecule is Cc1nn(C2CCOC3(CCCC3)C2)c(C)c1Br. The quantitative estimate of drug-likeness (QED) is 0.785. The average Bonchev–Trinajstić information content (AvgIpc) is 2.90. The number of aryl methyl sites for hydroxylation is 1. The molecule has 2 heterocycles. The van der Waals surface area contributed by atoms with Crippen LogP contribution in [0.15, 0.2) is 4.47 Å². The lowest BCUT2D eigenvalue weighted by atomic mass is 9.89. The van der Waals surface area contributed by atoms with Gasteiger partial charge in [-0.15, -0.1) is 0 Å². The molecule has 0 N–H and O–H groups in total. The Morgan fingerprint density at radius 3 is 2.67 bits per heavy atom. The second kappa shape index (κ2) is 4.64. The first-order valence-electron chi connectivity index (χ1n) is 6.96. The molecule has 1 saturated heterocycles. The van der Waals surface area contributed by atoms with Crippen molar-refractivity contribution in [3.8, 4) is 0 Å². The highest BCUT2D eigenvalue weighted by atomic mass is 79.9. The van der Waals surface area contributed by atoms with Crippen LogP contribution in [-0.4, -0.2) is 22.0 Å². The van der Waals surface area contributed by atoms with Crippen molar-refractivity contribution >= 4 is 15.9 Å². The van der Waals surface area contributed by atoms with E-state index in [9.17, 15) is 0 Å². The lowest BCUT2D eigenvalue weighted by Crippen LogP contribution is -2.38. The highest BCUT2D eigenvalue weighted by molar-refractivity contribution is 9.10. The summed E-state index contributed by atoms with van der Waals surface area (Å²) in [5, 5.41) is 4.70. The molecule has 0 aromatic carbocycles. The van der Waals surface area contributed by atoms with E-state index in [1.165, 1.54) is 31.4 Å². The van der Waals surface area contributed by atoms with Crippen molar-refractivity contribution in [2.45, 2.75) is 64.0 Å². The van der Waals surface area contributed by atoms with Gasteiger partial charge in [0, 0.05) is 6.61 Å². The lowest BCUT2D eigenvalue weighted by molar-refractivity contribution is -0.0912. The fourth-order valence-corrected chi connectivity index (χ4v) is 3.84. The summed E-state index contributed by atoms with van der Waals surface area (Å²) in [5.74, 6) is 0. The van der Waals surface area contributed by atoms with Crippen LogP contribution in [0.1, 0.15) is 56.0 Å². The van der Waals surface area contributed by atoms with Crippen molar-refractivity contribution < 1.29 is 4.74 Å². The molecule has 2 fully saturated rings. The minimum absolute atomic E-state index is 0.168. The third-order valence-corrected chi connectivity index (χ3v) is 5.71. The largest absolute Gasteiger partial charge is 0.375 e. The molecular formula is C14H21BrN2O. The molecule has 2 aliphatic rings. The van der Waals surface area contributed by atoms with E-state index < -0.39 is 0 Å². The van der Waals surface area contributed by atoms with Gasteiger partial charge in [-0.2, -0.15) is 5.10 Å². The van der Waals surface area contributed by atoms with Crippen LogP contribution in [0.3, 0.4) is 0 Å².